The number of carbonyl (C=O) groups is 1. The van der Waals surface area contributed by atoms with Crippen molar-refractivity contribution in [2.45, 2.75) is 19.8 Å². The molecule has 1 atom stereocenters. The summed E-state index contributed by atoms with van der Waals surface area (Å²) in [6, 6.07) is 9.12. The Bertz CT molecular complexity index is 681. The molecule has 0 aliphatic heterocycles. The fourth-order valence-corrected chi connectivity index (χ4v) is 2.20. The molecule has 0 radical (unpaired) electrons. The van der Waals surface area contributed by atoms with Crippen LogP contribution in [0, 0.1) is 18.3 Å². The summed E-state index contributed by atoms with van der Waals surface area (Å²) >= 11 is 0. The fraction of sp³-hybridized carbons (Fsp3) is 0.312. The molecule has 0 N–H and O–H groups in total. The van der Waals surface area contributed by atoms with Gasteiger partial charge in [0.05, 0.1) is 23.9 Å². The molecule has 1 aromatic carbocycles. The highest BCUT2D eigenvalue weighted by atomic mass is 16.5. The van der Waals surface area contributed by atoms with E-state index in [1.54, 1.807) is 49.1 Å². The third-order valence-corrected chi connectivity index (χ3v) is 3.19. The number of ketones is 1. The van der Waals surface area contributed by atoms with E-state index in [1.807, 2.05) is 6.92 Å². The van der Waals surface area contributed by atoms with Crippen LogP contribution in [0.4, 0.5) is 0 Å². The largest absolute Gasteiger partial charge is 0.494 e. The quantitative estimate of drug-likeness (QED) is 0.791. The third-order valence-electron chi connectivity index (χ3n) is 3.19. The Labute approximate surface area is 123 Å². The maximum Gasteiger partial charge on any atom is 0.187 e. The topological polar surface area (TPSA) is 67.9 Å². The predicted octanol–water partition coefficient (Wildman–Crippen LogP) is 2.62. The molecule has 0 aliphatic carbocycles. The van der Waals surface area contributed by atoms with Gasteiger partial charge >= 0.3 is 0 Å². The molecule has 0 fully saturated rings. The summed E-state index contributed by atoms with van der Waals surface area (Å²) in [5.41, 5.74) is 1.78. The van der Waals surface area contributed by atoms with Crippen molar-refractivity contribution in [2.75, 3.05) is 6.61 Å². The molecule has 2 rings (SSSR count). The number of nitriles is 1. The van der Waals surface area contributed by atoms with E-state index in [2.05, 4.69) is 11.2 Å². The van der Waals surface area contributed by atoms with Crippen LogP contribution in [-0.2, 0) is 7.05 Å². The van der Waals surface area contributed by atoms with Crippen LogP contribution >= 0.6 is 0 Å². The van der Waals surface area contributed by atoms with Gasteiger partial charge in [-0.2, -0.15) is 10.4 Å². The molecule has 0 spiro atoms. The number of carbonyl (C=O) groups excluding carboxylic acids is 1. The van der Waals surface area contributed by atoms with Gasteiger partial charge in [0.15, 0.2) is 5.78 Å². The molecule has 108 valence electrons. The standard InChI is InChI=1S/C16H17N3O2/c1-4-21-13-7-5-12(6-8-13)14(9-17)16(20)15-10-19(3)18-11(15)2/h5-8,10,14H,4H2,1-3H3. The molecule has 0 amide bonds. The van der Waals surface area contributed by atoms with E-state index in [0.717, 1.165) is 5.75 Å². The highest BCUT2D eigenvalue weighted by Gasteiger charge is 2.24. The van der Waals surface area contributed by atoms with Gasteiger partial charge < -0.3 is 4.74 Å². The zero-order valence-electron chi connectivity index (χ0n) is 12.3. The molecular weight excluding hydrogens is 266 g/mol. The van der Waals surface area contributed by atoms with Gasteiger partial charge in [-0.3, -0.25) is 9.48 Å². The average Bonchev–Trinajstić information content (AvgIpc) is 2.80. The molecule has 0 saturated heterocycles. The van der Waals surface area contributed by atoms with Gasteiger partial charge in [0.25, 0.3) is 0 Å². The number of aryl methyl sites for hydroxylation is 2. The van der Waals surface area contributed by atoms with Gasteiger partial charge in [-0.05, 0) is 31.5 Å². The molecule has 2 aromatic rings. The number of hydrogen-bond acceptors (Lipinski definition) is 4. The molecule has 0 saturated carbocycles. The Hall–Kier alpha value is -2.61. The summed E-state index contributed by atoms with van der Waals surface area (Å²) < 4.78 is 6.94. The summed E-state index contributed by atoms with van der Waals surface area (Å²) in [6.07, 6.45) is 1.65. The minimum atomic E-state index is -0.830. The van der Waals surface area contributed by atoms with Crippen molar-refractivity contribution < 1.29 is 9.53 Å². The Kier molecular flexibility index (Phi) is 4.39. The van der Waals surface area contributed by atoms with Crippen molar-refractivity contribution >= 4 is 5.78 Å². The van der Waals surface area contributed by atoms with Gasteiger partial charge in [-0.1, -0.05) is 12.1 Å². The number of nitrogens with zero attached hydrogens (tertiary/aromatic N) is 3. The van der Waals surface area contributed by atoms with Gasteiger partial charge in [0.2, 0.25) is 0 Å². The summed E-state index contributed by atoms with van der Waals surface area (Å²) in [7, 11) is 1.75. The van der Waals surface area contributed by atoms with Crippen LogP contribution in [0.15, 0.2) is 30.5 Å². The Morgan fingerprint density at radius 3 is 2.57 bits per heavy atom. The summed E-state index contributed by atoms with van der Waals surface area (Å²) in [5, 5.41) is 13.5. The van der Waals surface area contributed by atoms with Gasteiger partial charge in [-0.25, -0.2) is 0 Å². The van der Waals surface area contributed by atoms with Crippen LogP contribution in [0.25, 0.3) is 0 Å². The van der Waals surface area contributed by atoms with Crippen molar-refractivity contribution in [3.8, 4) is 11.8 Å². The first-order valence-electron chi connectivity index (χ1n) is 6.73. The second-order valence-corrected chi connectivity index (χ2v) is 4.73. The van der Waals surface area contributed by atoms with E-state index in [4.69, 9.17) is 4.74 Å². The second kappa shape index (κ2) is 6.23. The molecule has 5 heteroatoms. The summed E-state index contributed by atoms with van der Waals surface area (Å²) in [4.78, 5) is 12.5. The molecule has 1 unspecified atom stereocenters. The molecule has 21 heavy (non-hydrogen) atoms. The van der Waals surface area contributed by atoms with E-state index in [-0.39, 0.29) is 5.78 Å². The van der Waals surface area contributed by atoms with Crippen LogP contribution in [0.3, 0.4) is 0 Å². The summed E-state index contributed by atoms with van der Waals surface area (Å²) in [6.45, 7) is 4.25. The van der Waals surface area contributed by atoms with E-state index >= 15 is 0 Å². The van der Waals surface area contributed by atoms with Crippen molar-refractivity contribution in [3.05, 3.63) is 47.3 Å². The van der Waals surface area contributed by atoms with E-state index in [1.165, 1.54) is 0 Å². The molecule has 1 heterocycles. The number of rotatable bonds is 5. The van der Waals surface area contributed by atoms with Crippen molar-refractivity contribution in [3.63, 3.8) is 0 Å². The lowest BCUT2D eigenvalue weighted by Crippen LogP contribution is -2.11. The van der Waals surface area contributed by atoms with Crippen molar-refractivity contribution in [1.82, 2.24) is 9.78 Å². The number of benzene rings is 1. The van der Waals surface area contributed by atoms with E-state index in [0.29, 0.717) is 23.4 Å². The second-order valence-electron chi connectivity index (χ2n) is 4.73. The number of Topliss-reactive ketones (excluding diaryl/α,β-unsaturated/α-hetero) is 1. The number of ether oxygens (including phenoxy) is 1. The van der Waals surface area contributed by atoms with E-state index in [9.17, 15) is 10.1 Å². The van der Waals surface area contributed by atoms with Crippen LogP contribution in [-0.4, -0.2) is 22.2 Å². The first-order chi connectivity index (χ1) is 10.1. The summed E-state index contributed by atoms with van der Waals surface area (Å²) in [5.74, 6) is -0.334. The maximum atomic E-state index is 12.5. The van der Waals surface area contributed by atoms with Crippen LogP contribution in [0.5, 0.6) is 5.75 Å². The Balaban J connectivity index is 2.29. The lowest BCUT2D eigenvalue weighted by Gasteiger charge is -2.09. The van der Waals surface area contributed by atoms with Crippen LogP contribution in [0.1, 0.15) is 34.5 Å². The molecular formula is C16H17N3O2. The molecule has 5 nitrogen and oxygen atoms in total. The highest BCUT2D eigenvalue weighted by molar-refractivity contribution is 6.03. The Morgan fingerprint density at radius 2 is 2.10 bits per heavy atom. The van der Waals surface area contributed by atoms with Gasteiger partial charge in [-0.15, -0.1) is 0 Å². The zero-order chi connectivity index (χ0) is 15.4. The third kappa shape index (κ3) is 3.11. The van der Waals surface area contributed by atoms with Crippen LogP contribution in [0.2, 0.25) is 0 Å². The van der Waals surface area contributed by atoms with Crippen LogP contribution < -0.4 is 4.74 Å². The molecule has 0 aliphatic rings. The minimum absolute atomic E-state index is 0.229. The molecule has 1 aromatic heterocycles. The monoisotopic (exact) mass is 283 g/mol. The highest BCUT2D eigenvalue weighted by Crippen LogP contribution is 2.24. The normalized spacial score (nSPS) is 11.7. The van der Waals surface area contributed by atoms with Crippen molar-refractivity contribution in [2.24, 2.45) is 7.05 Å². The molecule has 0 bridgehead atoms. The predicted molar refractivity (Wildman–Crippen MR) is 78.2 cm³/mol. The van der Waals surface area contributed by atoms with Gasteiger partial charge in [0.1, 0.15) is 11.7 Å². The number of hydrogen-bond donors (Lipinski definition) is 0. The average molecular weight is 283 g/mol. The van der Waals surface area contributed by atoms with E-state index < -0.39 is 5.92 Å². The Morgan fingerprint density at radius 1 is 1.43 bits per heavy atom. The zero-order valence-corrected chi connectivity index (χ0v) is 12.3. The number of aromatic nitrogens is 2. The van der Waals surface area contributed by atoms with Crippen molar-refractivity contribution in [1.29, 1.82) is 5.26 Å². The lowest BCUT2D eigenvalue weighted by atomic mass is 9.92. The first-order valence-corrected chi connectivity index (χ1v) is 6.73. The maximum absolute atomic E-state index is 12.5. The van der Waals surface area contributed by atoms with Gasteiger partial charge in [0, 0.05) is 13.2 Å². The first kappa shape index (κ1) is 14.8. The SMILES string of the molecule is CCOc1ccc(C(C#N)C(=O)c2cn(C)nc2C)cc1. The fourth-order valence-electron chi connectivity index (χ4n) is 2.20. The lowest BCUT2D eigenvalue weighted by molar-refractivity contribution is 0.0978. The smallest absolute Gasteiger partial charge is 0.187 e. The minimum Gasteiger partial charge on any atom is -0.494 e.